The van der Waals surface area contributed by atoms with Crippen molar-refractivity contribution in [3.8, 4) is 11.5 Å². The molecule has 48 heavy (non-hydrogen) atoms. The lowest BCUT2D eigenvalue weighted by molar-refractivity contribution is -0.130. The molecule has 0 radical (unpaired) electrons. The Morgan fingerprint density at radius 3 is 2.56 bits per heavy atom. The molecule has 0 saturated heterocycles. The molecule has 0 fully saturated rings. The first kappa shape index (κ1) is 32.6. The number of rotatable bonds is 6. The van der Waals surface area contributed by atoms with Gasteiger partial charge in [0.25, 0.3) is 5.91 Å². The van der Waals surface area contributed by atoms with Crippen LogP contribution in [0.15, 0.2) is 67.0 Å². The molecule has 250 valence electrons. The number of hydrogen-bond acceptors (Lipinski definition) is 7. The van der Waals surface area contributed by atoms with Crippen LogP contribution in [-0.2, 0) is 29.6 Å². The fraction of sp³-hybridized carbons (Fsp3) is 0.400. The molecule has 6 rings (SSSR count). The summed E-state index contributed by atoms with van der Waals surface area (Å²) in [6.07, 6.45) is 5.50. The molecule has 2 N–H and O–H groups in total. The molecule has 0 unspecified atom stereocenters. The smallest absolute Gasteiger partial charge is 0.255 e. The number of benzene rings is 1. The average molecular weight is 651 g/mol. The van der Waals surface area contributed by atoms with Crippen LogP contribution in [0.5, 0.6) is 0 Å². The zero-order valence-electron chi connectivity index (χ0n) is 27.8. The van der Waals surface area contributed by atoms with E-state index >= 15 is 0 Å². The topological polar surface area (TPSA) is 144 Å². The van der Waals surface area contributed by atoms with Gasteiger partial charge in [-0.05, 0) is 55.5 Å². The van der Waals surface area contributed by atoms with Crippen LogP contribution in [0.25, 0.3) is 17.2 Å². The minimum atomic E-state index is -0.715. The summed E-state index contributed by atoms with van der Waals surface area (Å²) in [4.78, 5) is 47.7. The largest absolute Gasteiger partial charge is 0.348 e. The van der Waals surface area contributed by atoms with Crippen molar-refractivity contribution < 1.29 is 14.4 Å². The Labute approximate surface area is 279 Å². The quantitative estimate of drug-likeness (QED) is 0.286. The molecule has 13 nitrogen and oxygen atoms in total. The van der Waals surface area contributed by atoms with Crippen molar-refractivity contribution in [2.75, 3.05) is 13.1 Å². The third kappa shape index (κ3) is 6.99. The van der Waals surface area contributed by atoms with E-state index in [-0.39, 0.29) is 30.1 Å². The first-order valence-electron chi connectivity index (χ1n) is 16.5. The van der Waals surface area contributed by atoms with Crippen LogP contribution in [0.2, 0.25) is 0 Å². The summed E-state index contributed by atoms with van der Waals surface area (Å²) in [5.41, 5.74) is 3.00. The van der Waals surface area contributed by atoms with E-state index in [9.17, 15) is 14.4 Å². The van der Waals surface area contributed by atoms with Gasteiger partial charge in [-0.25, -0.2) is 9.67 Å². The van der Waals surface area contributed by atoms with Gasteiger partial charge in [0.1, 0.15) is 17.7 Å². The zero-order chi connectivity index (χ0) is 33.8. The molecule has 1 aliphatic heterocycles. The van der Waals surface area contributed by atoms with Crippen molar-refractivity contribution in [1.82, 2.24) is 49.5 Å². The number of nitrogens with one attached hydrogen (secondary N) is 2. The van der Waals surface area contributed by atoms with E-state index in [2.05, 4.69) is 20.8 Å². The second-order valence-corrected chi connectivity index (χ2v) is 12.5. The number of hydrogen-bond donors (Lipinski definition) is 2. The molecular formula is C35H42N10O3. The van der Waals surface area contributed by atoms with Gasteiger partial charge in [0.05, 0.1) is 23.8 Å². The Morgan fingerprint density at radius 2 is 1.81 bits per heavy atom. The minimum absolute atomic E-state index is 0.0926. The standard InChI is InChI=1S/C35H42N10O3/c1-5-23(2)31-34(47)37-27(21-25-11-7-6-8-12-25)32-36-24(3)41-45(32)20-19-43(18-10-14-30(46)38-31)35(48)26-15-16-29-39-40-33(44(29)22-26)28-13-9-17-42(28)4/h6-9,11-13,15-17,22-23,27,31H,5,10,14,18-21H2,1-4H3,(H,37,47)(H,38,46)/t23-,27-,31-/m0/s1. The molecule has 0 spiro atoms. The van der Waals surface area contributed by atoms with Crippen LogP contribution in [0.3, 0.4) is 0 Å². The normalized spacial score (nSPS) is 18.5. The van der Waals surface area contributed by atoms with Gasteiger partial charge >= 0.3 is 0 Å². The molecule has 13 heteroatoms. The van der Waals surface area contributed by atoms with Crippen molar-refractivity contribution in [1.29, 1.82) is 0 Å². The van der Waals surface area contributed by atoms with Gasteiger partial charge in [0.15, 0.2) is 11.5 Å². The monoisotopic (exact) mass is 650 g/mol. The highest BCUT2D eigenvalue weighted by molar-refractivity contribution is 5.94. The van der Waals surface area contributed by atoms with Crippen molar-refractivity contribution in [2.45, 2.75) is 65.1 Å². The number of nitrogens with zero attached hydrogens (tertiary/aromatic N) is 8. The Bertz CT molecular complexity index is 1910. The lowest BCUT2D eigenvalue weighted by Crippen LogP contribution is -2.51. The van der Waals surface area contributed by atoms with Crippen LogP contribution in [-0.4, -0.2) is 75.7 Å². The number of carbonyl (C=O) groups excluding carboxylic acids is 3. The van der Waals surface area contributed by atoms with Crippen molar-refractivity contribution in [3.63, 3.8) is 0 Å². The van der Waals surface area contributed by atoms with Crippen LogP contribution in [0.1, 0.15) is 66.7 Å². The molecule has 4 aromatic heterocycles. The fourth-order valence-electron chi connectivity index (χ4n) is 6.19. The number of pyridine rings is 1. The first-order valence-corrected chi connectivity index (χ1v) is 16.5. The summed E-state index contributed by atoms with van der Waals surface area (Å²) < 4.78 is 5.57. The van der Waals surface area contributed by atoms with Crippen LogP contribution in [0.4, 0.5) is 0 Å². The summed E-state index contributed by atoms with van der Waals surface area (Å²) in [6, 6.07) is 16.1. The fourth-order valence-corrected chi connectivity index (χ4v) is 6.19. The molecule has 5 heterocycles. The summed E-state index contributed by atoms with van der Waals surface area (Å²) >= 11 is 0. The number of carbonyl (C=O) groups is 3. The summed E-state index contributed by atoms with van der Waals surface area (Å²) in [7, 11) is 1.93. The Morgan fingerprint density at radius 1 is 1.00 bits per heavy atom. The number of aryl methyl sites for hydroxylation is 2. The van der Waals surface area contributed by atoms with Gasteiger partial charge in [0, 0.05) is 39.0 Å². The van der Waals surface area contributed by atoms with Gasteiger partial charge in [-0.3, -0.25) is 18.8 Å². The number of aromatic nitrogens is 7. The summed E-state index contributed by atoms with van der Waals surface area (Å²) in [6.45, 7) is 6.80. The van der Waals surface area contributed by atoms with Crippen molar-refractivity contribution in [2.24, 2.45) is 13.0 Å². The van der Waals surface area contributed by atoms with E-state index < -0.39 is 12.1 Å². The van der Waals surface area contributed by atoms with Gasteiger partial charge in [-0.1, -0.05) is 50.6 Å². The number of amides is 3. The molecule has 0 saturated carbocycles. The third-order valence-electron chi connectivity index (χ3n) is 9.05. The maximum atomic E-state index is 14.2. The Kier molecular flexibility index (Phi) is 9.65. The zero-order valence-corrected chi connectivity index (χ0v) is 27.8. The highest BCUT2D eigenvalue weighted by Crippen LogP contribution is 2.22. The SMILES string of the molecule is CC[C@H](C)[C@@H]1NC(=O)CCCN(C(=O)c2ccc3nnc(-c4cccn4C)n3c2)CCn2nc(C)nc2[C@H](Cc2ccccc2)NC1=O. The highest BCUT2D eigenvalue weighted by Gasteiger charge is 2.31. The predicted octanol–water partition coefficient (Wildman–Crippen LogP) is 3.50. The Balaban J connectivity index is 1.34. The van der Waals surface area contributed by atoms with E-state index in [1.807, 2.05) is 85.4 Å². The van der Waals surface area contributed by atoms with Crippen LogP contribution in [0, 0.1) is 12.8 Å². The van der Waals surface area contributed by atoms with E-state index in [1.54, 1.807) is 27.9 Å². The lowest BCUT2D eigenvalue weighted by atomic mass is 9.97. The first-order chi connectivity index (χ1) is 23.2. The molecule has 3 amide bonds. The highest BCUT2D eigenvalue weighted by atomic mass is 16.2. The summed E-state index contributed by atoms with van der Waals surface area (Å²) in [5.74, 6) is 1.05. The minimum Gasteiger partial charge on any atom is -0.348 e. The predicted molar refractivity (Wildman–Crippen MR) is 180 cm³/mol. The molecular weight excluding hydrogens is 608 g/mol. The Hall–Kier alpha value is -5.33. The maximum Gasteiger partial charge on any atom is 0.255 e. The van der Waals surface area contributed by atoms with E-state index in [1.165, 1.54) is 0 Å². The maximum absolute atomic E-state index is 14.2. The average Bonchev–Trinajstić information content (AvgIpc) is 3.81. The van der Waals surface area contributed by atoms with Gasteiger partial charge < -0.3 is 20.1 Å². The second-order valence-electron chi connectivity index (χ2n) is 12.5. The van der Waals surface area contributed by atoms with Gasteiger partial charge in [0.2, 0.25) is 11.8 Å². The van der Waals surface area contributed by atoms with E-state index in [4.69, 9.17) is 10.1 Å². The molecule has 5 aromatic rings. The molecule has 3 atom stereocenters. The third-order valence-corrected chi connectivity index (χ3v) is 9.05. The van der Waals surface area contributed by atoms with Gasteiger partial charge in [-0.2, -0.15) is 5.10 Å². The van der Waals surface area contributed by atoms with Crippen molar-refractivity contribution >= 4 is 23.4 Å². The van der Waals surface area contributed by atoms with Gasteiger partial charge in [-0.15, -0.1) is 10.2 Å². The molecule has 0 bridgehead atoms. The molecule has 1 aromatic carbocycles. The second kappa shape index (κ2) is 14.2. The molecule has 1 aliphatic rings. The van der Waals surface area contributed by atoms with Crippen LogP contribution >= 0.6 is 0 Å². The summed E-state index contributed by atoms with van der Waals surface area (Å²) in [5, 5.41) is 19.5. The van der Waals surface area contributed by atoms with Crippen LogP contribution < -0.4 is 10.6 Å². The van der Waals surface area contributed by atoms with E-state index in [0.29, 0.717) is 67.6 Å². The van der Waals surface area contributed by atoms with Crippen molar-refractivity contribution in [3.05, 3.63) is 89.8 Å². The molecule has 0 aliphatic carbocycles. The van der Waals surface area contributed by atoms with E-state index in [0.717, 1.165) is 11.3 Å². The lowest BCUT2D eigenvalue weighted by Gasteiger charge is -2.28. The number of fused-ring (bicyclic) bond motifs is 2.